The molecule has 0 saturated heterocycles. The molecule has 0 radical (unpaired) electrons. The van der Waals surface area contributed by atoms with Gasteiger partial charge in [0.1, 0.15) is 5.75 Å². The minimum absolute atomic E-state index is 0.939. The highest BCUT2D eigenvalue weighted by Gasteiger charge is 2.12. The zero-order valence-electron chi connectivity index (χ0n) is 16.1. The lowest BCUT2D eigenvalue weighted by Gasteiger charge is -2.26. The van der Waals surface area contributed by atoms with Crippen molar-refractivity contribution < 1.29 is 4.74 Å². The number of benzene rings is 2. The average molecular weight is 361 g/mol. The normalized spacial score (nSPS) is 15.1. The predicted molar refractivity (Wildman–Crippen MR) is 113 cm³/mol. The molecule has 3 nitrogen and oxygen atoms in total. The lowest BCUT2D eigenvalue weighted by molar-refractivity contribution is 0.295. The van der Waals surface area contributed by atoms with Gasteiger partial charge in [0.25, 0.3) is 0 Å². The molecule has 1 aromatic heterocycles. The van der Waals surface area contributed by atoms with E-state index in [1.807, 2.05) is 6.20 Å². The topological polar surface area (TPSA) is 28.3 Å². The second-order valence-corrected chi connectivity index (χ2v) is 7.33. The second-order valence-electron chi connectivity index (χ2n) is 7.33. The van der Waals surface area contributed by atoms with Gasteiger partial charge in [-0.05, 0) is 61.1 Å². The number of aromatic nitrogens is 1. The van der Waals surface area contributed by atoms with Crippen molar-refractivity contribution in [3.63, 3.8) is 0 Å². The Bertz CT molecular complexity index is 911. The van der Waals surface area contributed by atoms with Gasteiger partial charge in [-0.2, -0.15) is 0 Å². The monoisotopic (exact) mass is 360 g/mol. The Morgan fingerprint density at radius 2 is 1.96 bits per heavy atom. The summed E-state index contributed by atoms with van der Waals surface area (Å²) in [7, 11) is 1.74. The Labute approximate surface area is 161 Å². The highest BCUT2D eigenvalue weighted by Crippen LogP contribution is 2.26. The number of hydrogen-bond acceptors (Lipinski definition) is 2. The fourth-order valence-electron chi connectivity index (χ4n) is 4.02. The maximum absolute atomic E-state index is 5.45. The van der Waals surface area contributed by atoms with Gasteiger partial charge in [0, 0.05) is 36.3 Å². The first-order chi connectivity index (χ1) is 13.3. The van der Waals surface area contributed by atoms with E-state index in [2.05, 4.69) is 64.5 Å². The fourth-order valence-corrected chi connectivity index (χ4v) is 4.02. The highest BCUT2D eigenvalue weighted by atomic mass is 16.5. The Kier molecular flexibility index (Phi) is 5.59. The molecule has 27 heavy (non-hydrogen) atoms. The van der Waals surface area contributed by atoms with Crippen LogP contribution < -0.4 is 4.74 Å². The first-order valence-corrected chi connectivity index (χ1v) is 9.94. The van der Waals surface area contributed by atoms with Crippen LogP contribution in [0.5, 0.6) is 5.75 Å². The van der Waals surface area contributed by atoms with Crippen LogP contribution in [0.15, 0.2) is 60.8 Å². The van der Waals surface area contributed by atoms with E-state index in [9.17, 15) is 0 Å². The quantitative estimate of drug-likeness (QED) is 0.580. The van der Waals surface area contributed by atoms with Gasteiger partial charge in [-0.3, -0.25) is 4.90 Å². The number of methoxy groups -OCH3 is 1. The molecule has 1 N–H and O–H groups in total. The van der Waals surface area contributed by atoms with Gasteiger partial charge in [0.05, 0.1) is 7.11 Å². The second kappa shape index (κ2) is 8.45. The number of nitrogens with one attached hydrogen (secondary N) is 1. The summed E-state index contributed by atoms with van der Waals surface area (Å²) in [6.07, 6.45) is 9.12. The van der Waals surface area contributed by atoms with E-state index in [0.29, 0.717) is 0 Å². The van der Waals surface area contributed by atoms with Crippen molar-refractivity contribution >= 4 is 16.5 Å². The molecule has 0 saturated carbocycles. The molecular weight excluding hydrogens is 332 g/mol. The summed E-state index contributed by atoms with van der Waals surface area (Å²) in [5, 5.41) is 1.32. The third-order valence-corrected chi connectivity index (χ3v) is 5.57. The molecule has 1 aliphatic heterocycles. The number of rotatable bonds is 7. The van der Waals surface area contributed by atoms with Gasteiger partial charge in [0.2, 0.25) is 0 Å². The maximum Gasteiger partial charge on any atom is 0.121 e. The summed E-state index contributed by atoms with van der Waals surface area (Å²) in [6.45, 7) is 3.42. The third kappa shape index (κ3) is 4.25. The van der Waals surface area contributed by atoms with Crippen molar-refractivity contribution in [1.82, 2.24) is 9.88 Å². The van der Waals surface area contributed by atoms with Crippen LogP contribution >= 0.6 is 0 Å². The summed E-state index contributed by atoms with van der Waals surface area (Å²) < 4.78 is 5.45. The van der Waals surface area contributed by atoms with E-state index in [1.165, 1.54) is 53.5 Å². The molecule has 0 atom stereocenters. The number of nitrogens with zero attached hydrogens (tertiary/aromatic N) is 1. The Balaban J connectivity index is 1.28. The molecule has 0 bridgehead atoms. The Hall–Kier alpha value is -2.52. The lowest BCUT2D eigenvalue weighted by Crippen LogP contribution is -2.29. The molecular formula is C24H28N2O. The molecule has 0 amide bonds. The number of unbranched alkanes of at least 4 members (excludes halogenated alkanes) is 1. The molecule has 140 valence electrons. The predicted octanol–water partition coefficient (Wildman–Crippen LogP) is 5.29. The third-order valence-electron chi connectivity index (χ3n) is 5.57. The van der Waals surface area contributed by atoms with Gasteiger partial charge < -0.3 is 9.72 Å². The van der Waals surface area contributed by atoms with Crippen LogP contribution in [0, 0.1) is 0 Å². The molecule has 2 heterocycles. The van der Waals surface area contributed by atoms with Crippen LogP contribution in [-0.2, 0) is 6.42 Å². The van der Waals surface area contributed by atoms with Gasteiger partial charge in [-0.25, -0.2) is 0 Å². The van der Waals surface area contributed by atoms with Crippen LogP contribution in [0.1, 0.15) is 30.4 Å². The number of aromatic amines is 1. The van der Waals surface area contributed by atoms with Crippen LogP contribution in [0.2, 0.25) is 0 Å². The van der Waals surface area contributed by atoms with Crippen molar-refractivity contribution in [2.75, 3.05) is 26.7 Å². The molecule has 1 aliphatic rings. The minimum Gasteiger partial charge on any atom is -0.497 e. The molecule has 0 spiro atoms. The molecule has 3 aromatic rings. The van der Waals surface area contributed by atoms with E-state index in [4.69, 9.17) is 4.74 Å². The number of H-pyrrole nitrogens is 1. The number of aryl methyl sites for hydroxylation is 1. The van der Waals surface area contributed by atoms with Crippen molar-refractivity contribution in [3.8, 4) is 5.75 Å². The summed E-state index contributed by atoms with van der Waals surface area (Å²) in [5.74, 6) is 0.939. The standard InChI is InChI=1S/C24H28N2O/c1-27-22-17-21(23-10-13-25-24(23)18-22)9-5-6-14-26-15-11-20(12-16-26)19-7-3-2-4-8-19/h2-4,7-8,10-11,13,17-18,25H,5-6,9,12,14-16H2,1H3. The zero-order valence-corrected chi connectivity index (χ0v) is 16.1. The zero-order chi connectivity index (χ0) is 18.5. The van der Waals surface area contributed by atoms with Crippen LogP contribution in [0.25, 0.3) is 16.5 Å². The van der Waals surface area contributed by atoms with Gasteiger partial charge in [-0.15, -0.1) is 0 Å². The first kappa shape index (κ1) is 17.9. The Morgan fingerprint density at radius 1 is 1.07 bits per heavy atom. The summed E-state index contributed by atoms with van der Waals surface area (Å²) in [4.78, 5) is 5.87. The SMILES string of the molecule is COc1cc(CCCCN2CC=C(c3ccccc3)CC2)c2cc[nH]c2c1. The van der Waals surface area contributed by atoms with Crippen LogP contribution in [0.3, 0.4) is 0 Å². The maximum atomic E-state index is 5.45. The Morgan fingerprint density at radius 3 is 2.74 bits per heavy atom. The van der Waals surface area contributed by atoms with Crippen molar-refractivity contribution in [1.29, 1.82) is 0 Å². The van der Waals surface area contributed by atoms with Crippen molar-refractivity contribution in [2.24, 2.45) is 0 Å². The molecule has 2 aromatic carbocycles. The first-order valence-electron chi connectivity index (χ1n) is 9.94. The van der Waals surface area contributed by atoms with E-state index < -0.39 is 0 Å². The smallest absolute Gasteiger partial charge is 0.121 e. The van der Waals surface area contributed by atoms with Crippen LogP contribution in [0.4, 0.5) is 0 Å². The average Bonchev–Trinajstić information content (AvgIpc) is 3.21. The minimum atomic E-state index is 0.939. The molecule has 0 aliphatic carbocycles. The molecule has 3 heteroatoms. The van der Waals surface area contributed by atoms with Crippen LogP contribution in [-0.4, -0.2) is 36.6 Å². The highest BCUT2D eigenvalue weighted by molar-refractivity contribution is 5.84. The number of fused-ring (bicyclic) bond motifs is 1. The largest absolute Gasteiger partial charge is 0.497 e. The van der Waals surface area contributed by atoms with E-state index in [-0.39, 0.29) is 0 Å². The summed E-state index contributed by atoms with van der Waals surface area (Å²) in [5.41, 5.74) is 5.43. The fraction of sp³-hybridized carbons (Fsp3) is 0.333. The number of ether oxygens (including phenoxy) is 1. The van der Waals surface area contributed by atoms with E-state index >= 15 is 0 Å². The summed E-state index contributed by atoms with van der Waals surface area (Å²) >= 11 is 0. The van der Waals surface area contributed by atoms with Gasteiger partial charge in [-0.1, -0.05) is 36.4 Å². The van der Waals surface area contributed by atoms with Gasteiger partial charge in [0.15, 0.2) is 0 Å². The van der Waals surface area contributed by atoms with E-state index in [1.54, 1.807) is 7.11 Å². The lowest BCUT2D eigenvalue weighted by atomic mass is 9.99. The molecule has 4 rings (SSSR count). The number of hydrogen-bond donors (Lipinski definition) is 1. The van der Waals surface area contributed by atoms with E-state index in [0.717, 1.165) is 25.1 Å². The van der Waals surface area contributed by atoms with Gasteiger partial charge >= 0.3 is 0 Å². The summed E-state index contributed by atoms with van der Waals surface area (Å²) in [6, 6.07) is 17.2. The van der Waals surface area contributed by atoms with Crippen molar-refractivity contribution in [2.45, 2.75) is 25.7 Å². The molecule has 0 fully saturated rings. The molecule has 0 unspecified atom stereocenters. The van der Waals surface area contributed by atoms with Crippen molar-refractivity contribution in [3.05, 3.63) is 71.9 Å².